The molecule has 6 heteroatoms. The molecule has 2 rings (SSSR count). The van der Waals surface area contributed by atoms with Crippen LogP contribution in [0, 0.1) is 12.3 Å². The van der Waals surface area contributed by atoms with Gasteiger partial charge >= 0.3 is 11.9 Å². The van der Waals surface area contributed by atoms with E-state index in [0.717, 1.165) is 36.0 Å². The lowest BCUT2D eigenvalue weighted by atomic mass is 9.91. The van der Waals surface area contributed by atoms with E-state index in [-0.39, 0.29) is 23.5 Å². The lowest BCUT2D eigenvalue weighted by Gasteiger charge is -2.17. The first-order chi connectivity index (χ1) is 15.1. The largest absolute Gasteiger partial charge is 0.486 e. The van der Waals surface area contributed by atoms with Crippen LogP contribution in [0.25, 0.3) is 0 Å². The van der Waals surface area contributed by atoms with Gasteiger partial charge < -0.3 is 14.2 Å². The summed E-state index contributed by atoms with van der Waals surface area (Å²) in [7, 11) is 2.56. The molecule has 0 atom stereocenters. The number of ether oxygens (including phenoxy) is 3. The van der Waals surface area contributed by atoms with Crippen LogP contribution >= 0.6 is 0 Å². The van der Waals surface area contributed by atoms with Crippen molar-refractivity contribution in [2.24, 2.45) is 5.41 Å². The van der Waals surface area contributed by atoms with Crippen molar-refractivity contribution in [2.75, 3.05) is 20.8 Å². The zero-order valence-corrected chi connectivity index (χ0v) is 19.7. The Morgan fingerprint density at radius 1 is 0.812 bits per heavy atom. The number of methoxy groups -OCH3 is 2. The minimum Gasteiger partial charge on any atom is -0.486 e. The van der Waals surface area contributed by atoms with Gasteiger partial charge in [-0.2, -0.15) is 0 Å². The summed E-state index contributed by atoms with van der Waals surface area (Å²) in [5, 5.41) is 0. The number of esters is 2. The molecule has 0 amide bonds. The molecule has 32 heavy (non-hydrogen) atoms. The van der Waals surface area contributed by atoms with Gasteiger partial charge in [-0.1, -0.05) is 39.0 Å². The average Bonchev–Trinajstić information content (AvgIpc) is 2.76. The number of benzene rings is 2. The molecule has 172 valence electrons. The molecular weight excluding hydrogens is 408 g/mol. The highest BCUT2D eigenvalue weighted by Crippen LogP contribution is 2.23. The summed E-state index contributed by atoms with van der Waals surface area (Å²) in [6.45, 7) is 7.67. The molecule has 0 fully saturated rings. The normalized spacial score (nSPS) is 11.1. The first-order valence-corrected chi connectivity index (χ1v) is 10.6. The standard InChI is InChI=1S/C26H32O6/c1-17-14-18(11-13-22(17)32-16-23(27)26(2,3)4)8-7-9-19-10-12-20(24(28)30-5)21(15-19)25(29)31-6/h10-15H,7-9,16H2,1-6H3. The Hall–Kier alpha value is -3.15. The number of Topliss-reactive ketones (excluding diaryl/α,β-unsaturated/α-hetero) is 1. The van der Waals surface area contributed by atoms with Crippen molar-refractivity contribution in [3.63, 3.8) is 0 Å². The molecule has 0 saturated carbocycles. The average molecular weight is 441 g/mol. The number of carbonyl (C=O) groups is 3. The summed E-state index contributed by atoms with van der Waals surface area (Å²) in [6.07, 6.45) is 2.44. The van der Waals surface area contributed by atoms with Gasteiger partial charge in [-0.25, -0.2) is 9.59 Å². The maximum atomic E-state index is 12.1. The number of hydrogen-bond donors (Lipinski definition) is 0. The van der Waals surface area contributed by atoms with E-state index >= 15 is 0 Å². The molecule has 2 aromatic carbocycles. The van der Waals surface area contributed by atoms with Crippen LogP contribution in [0.15, 0.2) is 36.4 Å². The van der Waals surface area contributed by atoms with Gasteiger partial charge in [0.05, 0.1) is 25.3 Å². The highest BCUT2D eigenvalue weighted by molar-refractivity contribution is 6.03. The Balaban J connectivity index is 2.00. The van der Waals surface area contributed by atoms with Crippen molar-refractivity contribution >= 4 is 17.7 Å². The fourth-order valence-electron chi connectivity index (χ4n) is 3.20. The van der Waals surface area contributed by atoms with E-state index in [4.69, 9.17) is 14.2 Å². The minimum atomic E-state index is -0.570. The molecule has 0 heterocycles. The number of ketones is 1. The van der Waals surface area contributed by atoms with Gasteiger partial charge in [0, 0.05) is 5.41 Å². The number of carbonyl (C=O) groups excluding carboxylic acids is 3. The molecule has 0 bridgehead atoms. The molecule has 0 unspecified atom stereocenters. The second kappa shape index (κ2) is 10.9. The molecule has 0 radical (unpaired) electrons. The minimum absolute atomic E-state index is 0.0607. The highest BCUT2D eigenvalue weighted by atomic mass is 16.5. The van der Waals surface area contributed by atoms with E-state index in [2.05, 4.69) is 6.07 Å². The predicted molar refractivity (Wildman–Crippen MR) is 122 cm³/mol. The lowest BCUT2D eigenvalue weighted by Crippen LogP contribution is -2.26. The van der Waals surface area contributed by atoms with Crippen LogP contribution in [0.3, 0.4) is 0 Å². The zero-order valence-electron chi connectivity index (χ0n) is 19.7. The van der Waals surface area contributed by atoms with E-state index in [0.29, 0.717) is 5.75 Å². The molecule has 0 aliphatic rings. The van der Waals surface area contributed by atoms with Gasteiger partial charge in [-0.3, -0.25) is 4.79 Å². The van der Waals surface area contributed by atoms with Gasteiger partial charge in [0.25, 0.3) is 0 Å². The van der Waals surface area contributed by atoms with E-state index in [1.54, 1.807) is 12.1 Å². The molecule has 2 aromatic rings. The molecule has 0 aliphatic carbocycles. The maximum Gasteiger partial charge on any atom is 0.338 e. The Kier molecular flexibility index (Phi) is 8.58. The Morgan fingerprint density at radius 3 is 1.94 bits per heavy atom. The Morgan fingerprint density at radius 2 is 1.38 bits per heavy atom. The first kappa shape index (κ1) is 25.1. The van der Waals surface area contributed by atoms with Crippen LogP contribution in [0.4, 0.5) is 0 Å². The molecule has 0 N–H and O–H groups in total. The smallest absolute Gasteiger partial charge is 0.338 e. The third-order valence-electron chi connectivity index (χ3n) is 5.26. The van der Waals surface area contributed by atoms with Gasteiger partial charge in [0.15, 0.2) is 5.78 Å². The third-order valence-corrected chi connectivity index (χ3v) is 5.26. The van der Waals surface area contributed by atoms with E-state index in [1.807, 2.05) is 45.9 Å². The van der Waals surface area contributed by atoms with Crippen LogP contribution in [-0.4, -0.2) is 38.5 Å². The quantitative estimate of drug-likeness (QED) is 0.524. The van der Waals surface area contributed by atoms with E-state index < -0.39 is 17.4 Å². The number of aryl methyl sites for hydroxylation is 3. The van der Waals surface area contributed by atoms with Crippen LogP contribution in [0.1, 0.15) is 64.6 Å². The van der Waals surface area contributed by atoms with Crippen LogP contribution in [0.2, 0.25) is 0 Å². The summed E-state index contributed by atoms with van der Waals surface area (Å²) < 4.78 is 15.2. The number of rotatable bonds is 9. The summed E-state index contributed by atoms with van der Waals surface area (Å²) >= 11 is 0. The fraction of sp³-hybridized carbons (Fsp3) is 0.423. The highest BCUT2D eigenvalue weighted by Gasteiger charge is 2.22. The van der Waals surface area contributed by atoms with Crippen LogP contribution < -0.4 is 4.74 Å². The summed E-state index contributed by atoms with van der Waals surface area (Å²) in [4.78, 5) is 36.0. The monoisotopic (exact) mass is 440 g/mol. The van der Waals surface area contributed by atoms with Gasteiger partial charge in [-0.15, -0.1) is 0 Å². The molecule has 0 aliphatic heterocycles. The summed E-state index contributed by atoms with van der Waals surface area (Å²) in [6, 6.07) is 11.1. The maximum absolute atomic E-state index is 12.1. The molecule has 0 spiro atoms. The fourth-order valence-corrected chi connectivity index (χ4v) is 3.20. The van der Waals surface area contributed by atoms with Gasteiger partial charge in [-0.05, 0) is 61.1 Å². The third kappa shape index (κ3) is 6.67. The second-order valence-corrected chi connectivity index (χ2v) is 8.78. The van der Waals surface area contributed by atoms with Gasteiger partial charge in [0.2, 0.25) is 0 Å². The Bertz CT molecular complexity index is 984. The van der Waals surface area contributed by atoms with Crippen molar-refractivity contribution < 1.29 is 28.6 Å². The molecule has 0 aromatic heterocycles. The lowest BCUT2D eigenvalue weighted by molar-refractivity contribution is -0.128. The first-order valence-electron chi connectivity index (χ1n) is 10.6. The topological polar surface area (TPSA) is 78.9 Å². The summed E-state index contributed by atoms with van der Waals surface area (Å²) in [5.74, 6) is -0.361. The predicted octanol–water partition coefficient (Wildman–Crippen LogP) is 4.74. The second-order valence-electron chi connectivity index (χ2n) is 8.78. The van der Waals surface area contributed by atoms with E-state index in [9.17, 15) is 14.4 Å². The van der Waals surface area contributed by atoms with Crippen LogP contribution in [-0.2, 0) is 27.1 Å². The molecule has 6 nitrogen and oxygen atoms in total. The molecule has 0 saturated heterocycles. The molecular formula is C26H32O6. The number of hydrogen-bond acceptors (Lipinski definition) is 6. The Labute approximate surface area is 189 Å². The van der Waals surface area contributed by atoms with Gasteiger partial charge in [0.1, 0.15) is 12.4 Å². The summed E-state index contributed by atoms with van der Waals surface area (Å²) in [5.41, 5.74) is 3.07. The van der Waals surface area contributed by atoms with Crippen molar-refractivity contribution in [1.82, 2.24) is 0 Å². The van der Waals surface area contributed by atoms with Crippen LogP contribution in [0.5, 0.6) is 5.75 Å². The van der Waals surface area contributed by atoms with Crippen molar-refractivity contribution in [3.8, 4) is 5.75 Å². The SMILES string of the molecule is COC(=O)c1ccc(CCCc2ccc(OCC(=O)C(C)(C)C)c(C)c2)cc1C(=O)OC. The van der Waals surface area contributed by atoms with E-state index in [1.165, 1.54) is 14.2 Å². The van der Waals surface area contributed by atoms with Crippen molar-refractivity contribution in [3.05, 3.63) is 64.2 Å². The zero-order chi connectivity index (χ0) is 23.9. The van der Waals surface area contributed by atoms with Crippen molar-refractivity contribution in [1.29, 1.82) is 0 Å². The van der Waals surface area contributed by atoms with Crippen molar-refractivity contribution in [2.45, 2.75) is 47.0 Å².